The van der Waals surface area contributed by atoms with Crippen LogP contribution in [0, 0.1) is 13.8 Å². The van der Waals surface area contributed by atoms with E-state index in [2.05, 4.69) is 6.92 Å². The molecule has 0 aliphatic rings. The predicted octanol–water partition coefficient (Wildman–Crippen LogP) is 7.16. The maximum Gasteiger partial charge on any atom is -0.0352 e. The lowest BCUT2D eigenvalue weighted by Crippen LogP contribution is -1.83. The SMILES string of the molecule is [CH]CCCCCCCCCCCCCCCCC[CH2]. The Morgan fingerprint density at radius 3 is 0.947 bits per heavy atom. The van der Waals surface area contributed by atoms with Crippen molar-refractivity contribution in [2.24, 2.45) is 0 Å². The second kappa shape index (κ2) is 18.0. The Morgan fingerprint density at radius 1 is 0.421 bits per heavy atom. The van der Waals surface area contributed by atoms with Crippen molar-refractivity contribution in [2.75, 3.05) is 0 Å². The zero-order chi connectivity index (χ0) is 14.0. The maximum atomic E-state index is 5.48. The van der Waals surface area contributed by atoms with Crippen LogP contribution >= 0.6 is 0 Å². The molecule has 0 unspecified atom stereocenters. The zero-order valence-corrected chi connectivity index (χ0v) is 13.3. The molecule has 0 saturated heterocycles. The van der Waals surface area contributed by atoms with E-state index in [1.807, 2.05) is 0 Å². The van der Waals surface area contributed by atoms with Crippen molar-refractivity contribution >= 4 is 0 Å². The minimum atomic E-state index is 0.870. The zero-order valence-electron chi connectivity index (χ0n) is 13.3. The Morgan fingerprint density at radius 2 is 0.684 bits per heavy atom. The normalized spacial score (nSPS) is 11.1. The lowest BCUT2D eigenvalue weighted by atomic mass is 10.0. The second-order valence-electron chi connectivity index (χ2n) is 5.95. The van der Waals surface area contributed by atoms with E-state index in [0.29, 0.717) is 0 Å². The minimum absolute atomic E-state index is 0.870. The van der Waals surface area contributed by atoms with E-state index < -0.39 is 0 Å². The monoisotopic (exact) mass is 265 g/mol. The lowest BCUT2D eigenvalue weighted by molar-refractivity contribution is 0.531. The molecular weight excluding hydrogens is 228 g/mol. The van der Waals surface area contributed by atoms with E-state index in [1.54, 1.807) is 0 Å². The molecule has 0 aromatic rings. The van der Waals surface area contributed by atoms with Crippen molar-refractivity contribution in [2.45, 2.75) is 109 Å². The van der Waals surface area contributed by atoms with E-state index in [0.717, 1.165) is 12.8 Å². The van der Waals surface area contributed by atoms with Gasteiger partial charge in [0.1, 0.15) is 0 Å². The molecule has 0 fully saturated rings. The van der Waals surface area contributed by atoms with Gasteiger partial charge in [-0.2, -0.15) is 0 Å². The summed E-state index contributed by atoms with van der Waals surface area (Å²) in [5.41, 5.74) is 0. The highest BCUT2D eigenvalue weighted by Crippen LogP contribution is 2.13. The first-order chi connectivity index (χ1) is 9.41. The van der Waals surface area contributed by atoms with Crippen molar-refractivity contribution in [1.82, 2.24) is 0 Å². The van der Waals surface area contributed by atoms with E-state index in [1.165, 1.54) is 96.3 Å². The fourth-order valence-corrected chi connectivity index (χ4v) is 2.62. The van der Waals surface area contributed by atoms with Crippen LogP contribution in [0.5, 0.6) is 0 Å². The topological polar surface area (TPSA) is 0 Å². The fraction of sp³-hybridized carbons (Fsp3) is 0.895. The molecule has 0 aliphatic heterocycles. The third-order valence-corrected chi connectivity index (χ3v) is 3.95. The Kier molecular flexibility index (Phi) is 18.0. The van der Waals surface area contributed by atoms with Gasteiger partial charge in [-0.25, -0.2) is 0 Å². The molecule has 0 heteroatoms. The molecular formula is C19H37. The van der Waals surface area contributed by atoms with Gasteiger partial charge in [-0.1, -0.05) is 110 Å². The van der Waals surface area contributed by atoms with Gasteiger partial charge in [-0.3, -0.25) is 0 Å². The molecule has 0 aliphatic carbocycles. The summed E-state index contributed by atoms with van der Waals surface area (Å²) >= 11 is 0. The van der Waals surface area contributed by atoms with E-state index in [-0.39, 0.29) is 0 Å². The van der Waals surface area contributed by atoms with Crippen molar-refractivity contribution in [3.63, 3.8) is 0 Å². The van der Waals surface area contributed by atoms with Crippen LogP contribution in [0.4, 0.5) is 0 Å². The van der Waals surface area contributed by atoms with E-state index in [4.69, 9.17) is 6.92 Å². The standard InChI is InChI=1S/C19H37/c1-3-5-7-9-11-13-15-17-19-18-16-14-12-10-8-6-4-2/h1H,2-19H2. The third kappa shape index (κ3) is 18.0. The molecule has 0 aromatic carbocycles. The summed E-state index contributed by atoms with van der Waals surface area (Å²) in [5, 5.41) is 0. The van der Waals surface area contributed by atoms with Gasteiger partial charge in [-0.15, -0.1) is 0 Å². The molecule has 0 rings (SSSR count). The number of hydrogen-bond donors (Lipinski definition) is 0. The van der Waals surface area contributed by atoms with Gasteiger partial charge in [0, 0.05) is 0 Å². The summed E-state index contributed by atoms with van der Waals surface area (Å²) in [5.74, 6) is 0. The van der Waals surface area contributed by atoms with Crippen LogP contribution in [0.15, 0.2) is 0 Å². The first-order valence-electron chi connectivity index (χ1n) is 8.91. The van der Waals surface area contributed by atoms with Gasteiger partial charge in [0.25, 0.3) is 0 Å². The highest BCUT2D eigenvalue weighted by Gasteiger charge is 1.94. The van der Waals surface area contributed by atoms with Crippen LogP contribution in [0.1, 0.15) is 109 Å². The Hall–Kier alpha value is 0. The highest BCUT2D eigenvalue weighted by molar-refractivity contribution is 4.50. The maximum absolute atomic E-state index is 5.48. The summed E-state index contributed by atoms with van der Waals surface area (Å²) in [6.45, 7) is 9.36. The van der Waals surface area contributed by atoms with Crippen LogP contribution in [0.25, 0.3) is 0 Å². The molecule has 19 heavy (non-hydrogen) atoms. The van der Waals surface area contributed by atoms with Gasteiger partial charge < -0.3 is 0 Å². The number of hydrogen-bond acceptors (Lipinski definition) is 0. The van der Waals surface area contributed by atoms with Gasteiger partial charge in [0.05, 0.1) is 0 Å². The summed E-state index contributed by atoms with van der Waals surface area (Å²) in [4.78, 5) is 0. The third-order valence-electron chi connectivity index (χ3n) is 3.95. The molecule has 0 saturated carbocycles. The lowest BCUT2D eigenvalue weighted by Gasteiger charge is -2.03. The van der Waals surface area contributed by atoms with Crippen molar-refractivity contribution < 1.29 is 0 Å². The molecule has 0 amide bonds. The van der Waals surface area contributed by atoms with Gasteiger partial charge in [0.2, 0.25) is 0 Å². The van der Waals surface area contributed by atoms with Gasteiger partial charge in [0.15, 0.2) is 0 Å². The van der Waals surface area contributed by atoms with Crippen LogP contribution < -0.4 is 0 Å². The van der Waals surface area contributed by atoms with Crippen LogP contribution in [-0.4, -0.2) is 0 Å². The fourth-order valence-electron chi connectivity index (χ4n) is 2.62. The number of unbranched alkanes of at least 4 members (excludes halogenated alkanes) is 16. The van der Waals surface area contributed by atoms with E-state index in [9.17, 15) is 0 Å². The molecule has 0 N–H and O–H groups in total. The summed E-state index contributed by atoms with van der Waals surface area (Å²) in [6.07, 6.45) is 23.1. The molecule has 0 heterocycles. The van der Waals surface area contributed by atoms with Gasteiger partial charge >= 0.3 is 0 Å². The first kappa shape index (κ1) is 19.0. The molecule has 0 spiro atoms. The minimum Gasteiger partial charge on any atom is -0.0533 e. The van der Waals surface area contributed by atoms with Crippen molar-refractivity contribution in [3.05, 3.63) is 13.8 Å². The van der Waals surface area contributed by atoms with Gasteiger partial charge in [-0.05, 0) is 13.3 Å². The largest absolute Gasteiger partial charge is 0.0533 e. The first-order valence-corrected chi connectivity index (χ1v) is 8.91. The summed E-state index contributed by atoms with van der Waals surface area (Å²) < 4.78 is 0. The molecule has 0 nitrogen and oxygen atoms in total. The molecule has 113 valence electrons. The molecule has 0 aromatic heterocycles. The molecule has 0 atom stereocenters. The van der Waals surface area contributed by atoms with E-state index >= 15 is 0 Å². The number of rotatable bonds is 16. The van der Waals surface area contributed by atoms with Crippen molar-refractivity contribution in [3.8, 4) is 0 Å². The predicted molar refractivity (Wildman–Crippen MR) is 88.1 cm³/mol. The quantitative estimate of drug-likeness (QED) is 0.260. The van der Waals surface area contributed by atoms with Crippen LogP contribution in [-0.2, 0) is 0 Å². The Balaban J connectivity index is 2.88. The summed E-state index contributed by atoms with van der Waals surface area (Å²) in [7, 11) is 0. The second-order valence-corrected chi connectivity index (χ2v) is 5.95. The van der Waals surface area contributed by atoms with Crippen LogP contribution in [0.3, 0.4) is 0 Å². The van der Waals surface area contributed by atoms with Crippen molar-refractivity contribution in [1.29, 1.82) is 0 Å². The average Bonchev–Trinajstić information content (AvgIpc) is 2.43. The Bertz CT molecular complexity index is 123. The summed E-state index contributed by atoms with van der Waals surface area (Å²) in [6, 6.07) is 0. The van der Waals surface area contributed by atoms with Crippen LogP contribution in [0.2, 0.25) is 0 Å². The average molecular weight is 266 g/mol. The molecule has 3 radical (unpaired) electrons. The highest BCUT2D eigenvalue weighted by atomic mass is 14.0. The smallest absolute Gasteiger partial charge is 0.0352 e. The molecule has 0 bridgehead atoms. The Labute approximate surface area is 123 Å².